The van der Waals surface area contributed by atoms with Gasteiger partial charge >= 0.3 is 7.75 Å². The molecule has 1 aromatic carbocycles. The number of hydrogen-bond acceptors (Lipinski definition) is 6. The summed E-state index contributed by atoms with van der Waals surface area (Å²) >= 11 is 1.05. The molecular weight excluding hydrogens is 337 g/mol. The van der Waals surface area contributed by atoms with E-state index < -0.39 is 13.2 Å². The highest BCUT2D eigenvalue weighted by molar-refractivity contribution is 8.13. The van der Waals surface area contributed by atoms with E-state index in [2.05, 4.69) is 5.09 Å². The first-order valence-electron chi connectivity index (χ1n) is 7.20. The first-order valence-corrected chi connectivity index (χ1v) is 9.73. The number of aliphatic hydroxyl groups excluding tert-OH is 1. The molecule has 0 radical (unpaired) electrons. The Bertz CT molecular complexity index is 538. The predicted molar refractivity (Wildman–Crippen MR) is 92.2 cm³/mol. The number of rotatable bonds is 10. The van der Waals surface area contributed by atoms with Crippen LogP contribution in [0.4, 0.5) is 0 Å². The molecule has 0 heterocycles. The second kappa shape index (κ2) is 9.57. The van der Waals surface area contributed by atoms with Crippen molar-refractivity contribution in [3.63, 3.8) is 0 Å². The highest BCUT2D eigenvalue weighted by Crippen LogP contribution is 2.43. The maximum absolute atomic E-state index is 12.4. The SMILES string of the molecule is COP(=O)(NCc1ccccc1)OCCSC(=O)C(C)(C)CO. The molecular formula is C15H24NO5PS. The van der Waals surface area contributed by atoms with Gasteiger partial charge in [-0.2, -0.15) is 0 Å². The maximum Gasteiger partial charge on any atom is 0.405 e. The van der Waals surface area contributed by atoms with Crippen molar-refractivity contribution < 1.29 is 23.5 Å². The van der Waals surface area contributed by atoms with Crippen molar-refractivity contribution in [1.82, 2.24) is 5.09 Å². The number of hydrogen-bond donors (Lipinski definition) is 2. The Morgan fingerprint density at radius 1 is 1.35 bits per heavy atom. The van der Waals surface area contributed by atoms with E-state index >= 15 is 0 Å². The summed E-state index contributed by atoms with van der Waals surface area (Å²) in [5, 5.41) is 11.8. The average molecular weight is 361 g/mol. The van der Waals surface area contributed by atoms with Crippen LogP contribution in [0.5, 0.6) is 0 Å². The summed E-state index contributed by atoms with van der Waals surface area (Å²) in [6.45, 7) is 3.59. The minimum Gasteiger partial charge on any atom is -0.395 e. The Morgan fingerprint density at radius 2 is 2.00 bits per heavy atom. The van der Waals surface area contributed by atoms with Gasteiger partial charge in [-0.3, -0.25) is 9.32 Å². The van der Waals surface area contributed by atoms with Crippen molar-refractivity contribution in [2.45, 2.75) is 20.4 Å². The van der Waals surface area contributed by atoms with Gasteiger partial charge in [0.2, 0.25) is 0 Å². The molecule has 1 aromatic rings. The summed E-state index contributed by atoms with van der Waals surface area (Å²) in [5.74, 6) is 0.336. The van der Waals surface area contributed by atoms with Gasteiger partial charge in [-0.1, -0.05) is 42.1 Å². The highest BCUT2D eigenvalue weighted by atomic mass is 32.2. The second-order valence-electron chi connectivity index (χ2n) is 5.51. The van der Waals surface area contributed by atoms with E-state index in [1.165, 1.54) is 7.11 Å². The second-order valence-corrected chi connectivity index (χ2v) is 8.51. The fourth-order valence-electron chi connectivity index (χ4n) is 1.50. The summed E-state index contributed by atoms with van der Waals surface area (Å²) in [7, 11) is -2.09. The Kier molecular flexibility index (Phi) is 8.47. The smallest absolute Gasteiger partial charge is 0.395 e. The molecule has 2 N–H and O–H groups in total. The molecule has 8 heteroatoms. The lowest BCUT2D eigenvalue weighted by atomic mass is 9.97. The molecule has 1 rings (SSSR count). The Labute approximate surface area is 141 Å². The predicted octanol–water partition coefficient (Wildman–Crippen LogP) is 2.83. The van der Waals surface area contributed by atoms with E-state index in [9.17, 15) is 9.36 Å². The van der Waals surface area contributed by atoms with Crippen LogP contribution >= 0.6 is 19.5 Å². The van der Waals surface area contributed by atoms with E-state index in [4.69, 9.17) is 14.2 Å². The molecule has 1 unspecified atom stereocenters. The number of carbonyl (C=O) groups is 1. The Balaban J connectivity index is 2.38. The van der Waals surface area contributed by atoms with Gasteiger partial charge in [0, 0.05) is 19.4 Å². The number of thioether (sulfide) groups is 1. The molecule has 130 valence electrons. The van der Waals surface area contributed by atoms with Crippen molar-refractivity contribution in [1.29, 1.82) is 0 Å². The zero-order valence-electron chi connectivity index (χ0n) is 13.7. The minimum absolute atomic E-state index is 0.102. The standard InChI is InChI=1S/C15H24NO5PS/c1-15(2,12-17)14(18)23-10-9-21-22(19,20-3)16-11-13-7-5-4-6-8-13/h4-8,17H,9-12H2,1-3H3,(H,16,19). The molecule has 0 aromatic heterocycles. The van der Waals surface area contributed by atoms with Crippen LogP contribution in [-0.4, -0.2) is 36.3 Å². The summed E-state index contributed by atoms with van der Waals surface area (Å²) in [6.07, 6.45) is 0. The Morgan fingerprint density at radius 3 is 2.57 bits per heavy atom. The quantitative estimate of drug-likeness (QED) is 0.490. The highest BCUT2D eigenvalue weighted by Gasteiger charge is 2.27. The normalized spacial score (nSPS) is 14.4. The summed E-state index contributed by atoms with van der Waals surface area (Å²) in [6, 6.07) is 9.48. The molecule has 0 amide bonds. The molecule has 1 atom stereocenters. The summed E-state index contributed by atoms with van der Waals surface area (Å²) < 4.78 is 22.6. The van der Waals surface area contributed by atoms with Crippen molar-refractivity contribution in [3.8, 4) is 0 Å². The molecule has 0 aliphatic heterocycles. The monoisotopic (exact) mass is 361 g/mol. The maximum atomic E-state index is 12.4. The third kappa shape index (κ3) is 7.16. The lowest BCUT2D eigenvalue weighted by Crippen LogP contribution is -2.26. The molecule has 0 spiro atoms. The lowest BCUT2D eigenvalue weighted by molar-refractivity contribution is -0.119. The molecule has 0 fully saturated rings. The molecule has 23 heavy (non-hydrogen) atoms. The third-order valence-electron chi connectivity index (χ3n) is 3.09. The van der Waals surface area contributed by atoms with Gasteiger partial charge in [-0.05, 0) is 19.4 Å². The lowest BCUT2D eigenvalue weighted by Gasteiger charge is -2.20. The minimum atomic E-state index is -3.40. The van der Waals surface area contributed by atoms with Gasteiger partial charge in [0.15, 0.2) is 5.12 Å². The van der Waals surface area contributed by atoms with E-state index in [1.54, 1.807) is 13.8 Å². The molecule has 0 saturated heterocycles. The van der Waals surface area contributed by atoms with Gasteiger partial charge in [-0.25, -0.2) is 9.65 Å². The van der Waals surface area contributed by atoms with Crippen LogP contribution in [0, 0.1) is 5.41 Å². The van der Waals surface area contributed by atoms with Gasteiger partial charge in [-0.15, -0.1) is 0 Å². The van der Waals surface area contributed by atoms with Crippen LogP contribution in [0.25, 0.3) is 0 Å². The molecule has 0 bridgehead atoms. The van der Waals surface area contributed by atoms with E-state index in [0.717, 1.165) is 17.3 Å². The first-order chi connectivity index (χ1) is 10.8. The summed E-state index contributed by atoms with van der Waals surface area (Å²) in [5.41, 5.74) is 0.170. The zero-order chi connectivity index (χ0) is 17.3. The van der Waals surface area contributed by atoms with Crippen LogP contribution in [-0.2, 0) is 25.0 Å². The number of carbonyl (C=O) groups excluding carboxylic acids is 1. The molecule has 6 nitrogen and oxygen atoms in total. The van der Waals surface area contributed by atoms with Crippen molar-refractivity contribution >= 4 is 24.6 Å². The number of nitrogens with one attached hydrogen (secondary N) is 1. The first kappa shape index (κ1) is 20.4. The van der Waals surface area contributed by atoms with Gasteiger partial charge in [0.25, 0.3) is 0 Å². The van der Waals surface area contributed by atoms with E-state index in [-0.39, 0.29) is 18.3 Å². The average Bonchev–Trinajstić information content (AvgIpc) is 2.57. The van der Waals surface area contributed by atoms with Crippen LogP contribution in [0.2, 0.25) is 0 Å². The summed E-state index contributed by atoms with van der Waals surface area (Å²) in [4.78, 5) is 11.8. The largest absolute Gasteiger partial charge is 0.405 e. The van der Waals surface area contributed by atoms with E-state index in [1.807, 2.05) is 30.3 Å². The van der Waals surface area contributed by atoms with Gasteiger partial charge < -0.3 is 9.63 Å². The van der Waals surface area contributed by atoms with Crippen LogP contribution in [0.3, 0.4) is 0 Å². The fourth-order valence-corrected chi connectivity index (χ4v) is 3.46. The zero-order valence-corrected chi connectivity index (χ0v) is 15.4. The van der Waals surface area contributed by atoms with Crippen LogP contribution in [0.15, 0.2) is 30.3 Å². The molecule has 0 aliphatic rings. The topological polar surface area (TPSA) is 84.9 Å². The van der Waals surface area contributed by atoms with Crippen molar-refractivity contribution in [2.75, 3.05) is 26.1 Å². The van der Waals surface area contributed by atoms with E-state index in [0.29, 0.717) is 12.3 Å². The number of benzene rings is 1. The fraction of sp³-hybridized carbons (Fsp3) is 0.533. The van der Waals surface area contributed by atoms with Gasteiger partial charge in [0.05, 0.1) is 18.6 Å². The van der Waals surface area contributed by atoms with Crippen LogP contribution in [0.1, 0.15) is 19.4 Å². The van der Waals surface area contributed by atoms with Crippen molar-refractivity contribution in [2.24, 2.45) is 5.41 Å². The third-order valence-corrected chi connectivity index (χ3v) is 5.82. The Hall–Kier alpha value is -0.690. The number of aliphatic hydroxyl groups is 1. The van der Waals surface area contributed by atoms with Gasteiger partial charge in [0.1, 0.15) is 0 Å². The molecule has 0 saturated carbocycles. The van der Waals surface area contributed by atoms with Crippen LogP contribution < -0.4 is 5.09 Å². The molecule has 0 aliphatic carbocycles. The van der Waals surface area contributed by atoms with Crippen molar-refractivity contribution in [3.05, 3.63) is 35.9 Å².